The molecule has 0 bridgehead atoms. The average molecular weight is 274 g/mol. The van der Waals surface area contributed by atoms with Gasteiger partial charge in [-0.1, -0.05) is 19.9 Å². The molecule has 1 heterocycles. The summed E-state index contributed by atoms with van der Waals surface area (Å²) < 4.78 is 5.12. The normalized spacial score (nSPS) is 12.2. The summed E-state index contributed by atoms with van der Waals surface area (Å²) in [5.74, 6) is 0.801. The number of benzene rings is 1. The molecule has 0 aliphatic carbocycles. The van der Waals surface area contributed by atoms with Crippen LogP contribution in [0, 0.1) is 5.92 Å². The van der Waals surface area contributed by atoms with Gasteiger partial charge in [-0.2, -0.15) is 0 Å². The minimum atomic E-state index is -0.228. The van der Waals surface area contributed by atoms with Gasteiger partial charge < -0.3 is 15.1 Å². The second-order valence-electron chi connectivity index (χ2n) is 4.96. The average Bonchev–Trinajstić information content (AvgIpc) is 2.92. The molecule has 106 valence electrons. The van der Waals surface area contributed by atoms with Crippen LogP contribution < -0.4 is 10.6 Å². The SMILES string of the molecule is CC(C)[C@@H](C)NC(=O)Nc1cccc(-c2nnco2)c1. The molecule has 0 radical (unpaired) electrons. The second kappa shape index (κ2) is 6.18. The maximum atomic E-state index is 11.9. The molecule has 20 heavy (non-hydrogen) atoms. The number of urea groups is 1. The van der Waals surface area contributed by atoms with Gasteiger partial charge in [-0.25, -0.2) is 4.79 Å². The number of hydrogen-bond donors (Lipinski definition) is 2. The van der Waals surface area contributed by atoms with Crippen LogP contribution in [0.15, 0.2) is 35.1 Å². The monoisotopic (exact) mass is 274 g/mol. The highest BCUT2D eigenvalue weighted by Crippen LogP contribution is 2.20. The first-order chi connectivity index (χ1) is 9.56. The summed E-state index contributed by atoms with van der Waals surface area (Å²) in [4.78, 5) is 11.9. The van der Waals surface area contributed by atoms with E-state index in [-0.39, 0.29) is 12.1 Å². The van der Waals surface area contributed by atoms with Crippen molar-refractivity contribution in [3.05, 3.63) is 30.7 Å². The van der Waals surface area contributed by atoms with Crippen molar-refractivity contribution in [2.24, 2.45) is 5.92 Å². The highest BCUT2D eigenvalue weighted by Gasteiger charge is 2.11. The van der Waals surface area contributed by atoms with E-state index in [1.165, 1.54) is 6.39 Å². The molecule has 0 fully saturated rings. The third-order valence-electron chi connectivity index (χ3n) is 3.09. The van der Waals surface area contributed by atoms with Crippen LogP contribution in [0.25, 0.3) is 11.5 Å². The maximum Gasteiger partial charge on any atom is 0.319 e. The number of nitrogens with zero attached hydrogens (tertiary/aromatic N) is 2. The van der Waals surface area contributed by atoms with Gasteiger partial charge in [0.15, 0.2) is 0 Å². The summed E-state index contributed by atoms with van der Waals surface area (Å²) in [5, 5.41) is 13.1. The summed E-state index contributed by atoms with van der Waals surface area (Å²) in [5.41, 5.74) is 1.44. The Bertz CT molecular complexity index is 566. The van der Waals surface area contributed by atoms with Gasteiger partial charge >= 0.3 is 6.03 Å². The molecule has 0 saturated carbocycles. The van der Waals surface area contributed by atoms with Gasteiger partial charge in [0.25, 0.3) is 0 Å². The molecule has 6 heteroatoms. The standard InChI is InChI=1S/C14H18N4O2/c1-9(2)10(3)16-14(19)17-12-6-4-5-11(7-12)13-18-15-8-20-13/h4-10H,1-3H3,(H2,16,17,19)/t10-/m1/s1. The fourth-order valence-corrected chi connectivity index (χ4v) is 1.57. The number of nitrogens with one attached hydrogen (secondary N) is 2. The third-order valence-corrected chi connectivity index (χ3v) is 3.09. The van der Waals surface area contributed by atoms with E-state index in [4.69, 9.17) is 4.42 Å². The Kier molecular flexibility index (Phi) is 4.34. The van der Waals surface area contributed by atoms with Gasteiger partial charge in [0.2, 0.25) is 12.3 Å². The second-order valence-corrected chi connectivity index (χ2v) is 4.96. The number of rotatable bonds is 4. The summed E-state index contributed by atoms with van der Waals surface area (Å²) >= 11 is 0. The van der Waals surface area contributed by atoms with E-state index in [2.05, 4.69) is 34.7 Å². The van der Waals surface area contributed by atoms with Gasteiger partial charge in [0.05, 0.1) is 0 Å². The van der Waals surface area contributed by atoms with Crippen molar-refractivity contribution in [3.63, 3.8) is 0 Å². The topological polar surface area (TPSA) is 80.0 Å². The molecule has 2 amide bonds. The van der Waals surface area contributed by atoms with Crippen molar-refractivity contribution >= 4 is 11.7 Å². The minimum absolute atomic E-state index is 0.106. The van der Waals surface area contributed by atoms with Crippen LogP contribution in [0.2, 0.25) is 0 Å². The summed E-state index contributed by atoms with van der Waals surface area (Å²) in [6.07, 6.45) is 1.27. The number of anilines is 1. The number of carbonyl (C=O) groups excluding carboxylic acids is 1. The number of carbonyl (C=O) groups is 1. The Labute approximate surface area is 117 Å². The van der Waals surface area contributed by atoms with E-state index in [9.17, 15) is 4.79 Å². The first kappa shape index (κ1) is 14.0. The Hall–Kier alpha value is -2.37. The van der Waals surface area contributed by atoms with E-state index in [1.54, 1.807) is 12.1 Å². The van der Waals surface area contributed by atoms with E-state index < -0.39 is 0 Å². The van der Waals surface area contributed by atoms with Gasteiger partial charge in [0.1, 0.15) is 0 Å². The molecule has 1 atom stereocenters. The molecule has 1 aromatic heterocycles. The molecule has 2 N–H and O–H groups in total. The van der Waals surface area contributed by atoms with Crippen molar-refractivity contribution < 1.29 is 9.21 Å². The first-order valence-electron chi connectivity index (χ1n) is 6.50. The summed E-state index contributed by atoms with van der Waals surface area (Å²) in [7, 11) is 0. The smallest absolute Gasteiger partial charge is 0.319 e. The van der Waals surface area contributed by atoms with Crippen molar-refractivity contribution in [1.29, 1.82) is 0 Å². The van der Waals surface area contributed by atoms with E-state index in [1.807, 2.05) is 19.1 Å². The van der Waals surface area contributed by atoms with Gasteiger partial charge in [-0.15, -0.1) is 10.2 Å². The van der Waals surface area contributed by atoms with Crippen molar-refractivity contribution in [3.8, 4) is 11.5 Å². The zero-order valence-corrected chi connectivity index (χ0v) is 11.8. The lowest BCUT2D eigenvalue weighted by Gasteiger charge is -2.17. The van der Waals surface area contributed by atoms with E-state index in [0.717, 1.165) is 5.56 Å². The Morgan fingerprint density at radius 2 is 2.10 bits per heavy atom. The third kappa shape index (κ3) is 3.57. The lowest BCUT2D eigenvalue weighted by atomic mass is 10.1. The molecule has 0 unspecified atom stereocenters. The van der Waals surface area contributed by atoms with E-state index in [0.29, 0.717) is 17.5 Å². The van der Waals surface area contributed by atoms with Gasteiger partial charge in [0, 0.05) is 17.3 Å². The molecule has 1 aromatic carbocycles. The Balaban J connectivity index is 2.03. The van der Waals surface area contributed by atoms with Crippen LogP contribution in [-0.2, 0) is 0 Å². The summed E-state index contributed by atoms with van der Waals surface area (Å²) in [6.45, 7) is 6.08. The fourth-order valence-electron chi connectivity index (χ4n) is 1.57. The van der Waals surface area contributed by atoms with Gasteiger partial charge in [-0.3, -0.25) is 0 Å². The summed E-state index contributed by atoms with van der Waals surface area (Å²) in [6, 6.07) is 7.13. The molecular weight excluding hydrogens is 256 g/mol. The maximum absolute atomic E-state index is 11.9. The van der Waals surface area contributed by atoms with Crippen molar-refractivity contribution in [2.45, 2.75) is 26.8 Å². The Morgan fingerprint density at radius 1 is 1.30 bits per heavy atom. The predicted octanol–water partition coefficient (Wildman–Crippen LogP) is 2.90. The van der Waals surface area contributed by atoms with Crippen molar-refractivity contribution in [1.82, 2.24) is 15.5 Å². The van der Waals surface area contributed by atoms with Crippen LogP contribution >= 0.6 is 0 Å². The highest BCUT2D eigenvalue weighted by molar-refractivity contribution is 5.90. The van der Waals surface area contributed by atoms with Crippen molar-refractivity contribution in [2.75, 3.05) is 5.32 Å². The Morgan fingerprint density at radius 3 is 2.75 bits per heavy atom. The molecule has 2 rings (SSSR count). The van der Waals surface area contributed by atoms with Crippen LogP contribution in [0.3, 0.4) is 0 Å². The molecule has 6 nitrogen and oxygen atoms in total. The molecule has 0 spiro atoms. The van der Waals surface area contributed by atoms with E-state index >= 15 is 0 Å². The van der Waals surface area contributed by atoms with Gasteiger partial charge in [-0.05, 0) is 31.0 Å². The first-order valence-corrected chi connectivity index (χ1v) is 6.50. The number of aromatic nitrogens is 2. The number of amides is 2. The van der Waals surface area contributed by atoms with Crippen LogP contribution in [0.5, 0.6) is 0 Å². The van der Waals surface area contributed by atoms with Crippen LogP contribution in [0.4, 0.5) is 10.5 Å². The van der Waals surface area contributed by atoms with Crippen LogP contribution in [0.1, 0.15) is 20.8 Å². The quantitative estimate of drug-likeness (QED) is 0.898. The number of hydrogen-bond acceptors (Lipinski definition) is 4. The highest BCUT2D eigenvalue weighted by atomic mass is 16.4. The zero-order valence-electron chi connectivity index (χ0n) is 11.8. The molecule has 0 aliphatic heterocycles. The largest absolute Gasteiger partial charge is 0.423 e. The van der Waals surface area contributed by atoms with Crippen LogP contribution in [-0.4, -0.2) is 22.3 Å². The lowest BCUT2D eigenvalue weighted by molar-refractivity contribution is 0.246. The molecule has 0 saturated heterocycles. The predicted molar refractivity (Wildman–Crippen MR) is 76.2 cm³/mol. The molecule has 2 aromatic rings. The molecule has 0 aliphatic rings. The lowest BCUT2D eigenvalue weighted by Crippen LogP contribution is -2.38. The zero-order chi connectivity index (χ0) is 14.5. The fraction of sp³-hybridized carbons (Fsp3) is 0.357. The molecular formula is C14H18N4O2. The minimum Gasteiger partial charge on any atom is -0.423 e.